The van der Waals surface area contributed by atoms with Crippen molar-refractivity contribution >= 4 is 0 Å². The van der Waals surface area contributed by atoms with Crippen LogP contribution in [0.1, 0.15) is 38.3 Å². The van der Waals surface area contributed by atoms with E-state index in [0.29, 0.717) is 25.0 Å². The number of methoxy groups -OCH3 is 1. The molecule has 4 heterocycles. The number of pyridine rings is 1. The van der Waals surface area contributed by atoms with E-state index in [9.17, 15) is 13.2 Å². The van der Waals surface area contributed by atoms with Crippen LogP contribution in [0.15, 0.2) is 18.3 Å². The average molecular weight is 343 g/mol. The van der Waals surface area contributed by atoms with Gasteiger partial charge in [-0.15, -0.1) is 0 Å². The lowest BCUT2D eigenvalue weighted by atomic mass is 9.83. The number of aromatic nitrogens is 1. The summed E-state index contributed by atoms with van der Waals surface area (Å²) in [5.74, 6) is 0.325. The van der Waals surface area contributed by atoms with Gasteiger partial charge in [0, 0.05) is 43.5 Å². The minimum atomic E-state index is -4.31. The van der Waals surface area contributed by atoms with Crippen molar-refractivity contribution < 1.29 is 17.9 Å². The van der Waals surface area contributed by atoms with E-state index in [1.807, 2.05) is 0 Å². The van der Waals surface area contributed by atoms with Gasteiger partial charge in [-0.2, -0.15) is 13.2 Å². The van der Waals surface area contributed by atoms with Gasteiger partial charge in [0.15, 0.2) is 0 Å². The zero-order valence-corrected chi connectivity index (χ0v) is 14.3. The maximum absolute atomic E-state index is 13.8. The summed E-state index contributed by atoms with van der Waals surface area (Å²) in [5.41, 5.74) is 0.190. The van der Waals surface area contributed by atoms with Gasteiger partial charge in [0.2, 0.25) is 5.88 Å². The van der Waals surface area contributed by atoms with Crippen molar-refractivity contribution in [3.8, 4) is 5.88 Å². The number of fused-ring (bicyclic) bond motifs is 2. The fourth-order valence-corrected chi connectivity index (χ4v) is 3.92. The van der Waals surface area contributed by atoms with Crippen molar-refractivity contribution in [2.75, 3.05) is 20.2 Å². The lowest BCUT2D eigenvalue weighted by Crippen LogP contribution is -2.71. The van der Waals surface area contributed by atoms with Crippen molar-refractivity contribution in [3.05, 3.63) is 23.9 Å². The molecule has 4 atom stereocenters. The molecule has 134 valence electrons. The first-order valence-corrected chi connectivity index (χ1v) is 8.43. The summed E-state index contributed by atoms with van der Waals surface area (Å²) in [6.07, 6.45) is -1.16. The zero-order chi connectivity index (χ0) is 17.5. The molecule has 4 nitrogen and oxygen atoms in total. The highest BCUT2D eigenvalue weighted by Crippen LogP contribution is 2.47. The van der Waals surface area contributed by atoms with Gasteiger partial charge < -0.3 is 4.74 Å². The van der Waals surface area contributed by atoms with Crippen molar-refractivity contribution in [2.45, 2.75) is 57.0 Å². The third kappa shape index (κ3) is 3.11. The molecular weight excluding hydrogens is 319 g/mol. The first-order chi connectivity index (χ1) is 11.3. The molecule has 0 aromatic carbocycles. The summed E-state index contributed by atoms with van der Waals surface area (Å²) in [5, 5.41) is 0. The molecular formula is C17H24F3N3O. The minimum absolute atomic E-state index is 0.0357. The van der Waals surface area contributed by atoms with Crippen LogP contribution in [0.25, 0.3) is 0 Å². The number of hydrogen-bond acceptors (Lipinski definition) is 4. The van der Waals surface area contributed by atoms with Gasteiger partial charge in [0.1, 0.15) is 6.04 Å². The molecule has 0 aliphatic carbocycles. The van der Waals surface area contributed by atoms with Crippen LogP contribution in [-0.2, 0) is 0 Å². The highest BCUT2D eigenvalue weighted by Gasteiger charge is 2.56. The Balaban J connectivity index is 1.81. The van der Waals surface area contributed by atoms with Crippen molar-refractivity contribution in [3.63, 3.8) is 0 Å². The van der Waals surface area contributed by atoms with Crippen LogP contribution in [0.4, 0.5) is 13.2 Å². The summed E-state index contributed by atoms with van der Waals surface area (Å²) in [6.45, 7) is 5.68. The van der Waals surface area contributed by atoms with E-state index in [1.54, 1.807) is 4.90 Å². The summed E-state index contributed by atoms with van der Waals surface area (Å²) in [7, 11) is 1.45. The SMILES string of the molecule is CCC(C)N1CC2CC(C1)N2C(c1ccc(OC)nc1)C(F)(F)F. The number of hydrogen-bond donors (Lipinski definition) is 0. The quantitative estimate of drug-likeness (QED) is 0.821. The van der Waals surface area contributed by atoms with Crippen LogP contribution >= 0.6 is 0 Å². The van der Waals surface area contributed by atoms with E-state index in [1.165, 1.54) is 25.4 Å². The fourth-order valence-electron chi connectivity index (χ4n) is 3.92. The van der Waals surface area contributed by atoms with Crippen LogP contribution in [0.5, 0.6) is 5.88 Å². The molecule has 3 saturated heterocycles. The van der Waals surface area contributed by atoms with Crippen molar-refractivity contribution in [2.24, 2.45) is 0 Å². The van der Waals surface area contributed by atoms with Crippen LogP contribution in [0.2, 0.25) is 0 Å². The Morgan fingerprint density at radius 1 is 1.29 bits per heavy atom. The van der Waals surface area contributed by atoms with Crippen molar-refractivity contribution in [1.82, 2.24) is 14.8 Å². The predicted molar refractivity (Wildman–Crippen MR) is 84.9 cm³/mol. The molecule has 3 aliphatic rings. The third-order valence-electron chi connectivity index (χ3n) is 5.38. The maximum atomic E-state index is 13.8. The highest BCUT2D eigenvalue weighted by molar-refractivity contribution is 5.24. The smallest absolute Gasteiger partial charge is 0.408 e. The Kier molecular flexibility index (Phi) is 4.75. The standard InChI is InChI=1S/C17H24F3N3O/c1-4-11(2)22-9-13-7-14(10-22)23(13)16(17(18,19)20)12-5-6-15(24-3)21-8-12/h5-6,8,11,13-14,16H,4,7,9-10H2,1-3H3. The van der Waals surface area contributed by atoms with Crippen LogP contribution in [0.3, 0.4) is 0 Å². The highest BCUT2D eigenvalue weighted by atomic mass is 19.4. The Bertz CT molecular complexity index is 551. The second kappa shape index (κ2) is 6.52. The average Bonchev–Trinajstić information content (AvgIpc) is 2.57. The van der Waals surface area contributed by atoms with E-state index >= 15 is 0 Å². The molecule has 0 saturated carbocycles. The molecule has 0 amide bonds. The topological polar surface area (TPSA) is 28.6 Å². The van der Waals surface area contributed by atoms with E-state index < -0.39 is 12.2 Å². The first kappa shape index (κ1) is 17.5. The summed E-state index contributed by atoms with van der Waals surface area (Å²) < 4.78 is 46.3. The molecule has 3 aliphatic heterocycles. The van der Waals surface area contributed by atoms with E-state index in [-0.39, 0.29) is 17.6 Å². The van der Waals surface area contributed by atoms with Crippen LogP contribution in [-0.4, -0.2) is 59.3 Å². The zero-order valence-electron chi connectivity index (χ0n) is 14.3. The molecule has 1 aromatic rings. The van der Waals surface area contributed by atoms with E-state index in [0.717, 1.165) is 12.8 Å². The number of nitrogens with zero attached hydrogens (tertiary/aromatic N) is 3. The second-order valence-electron chi connectivity index (χ2n) is 6.78. The largest absolute Gasteiger partial charge is 0.481 e. The molecule has 0 N–H and O–H groups in total. The monoisotopic (exact) mass is 343 g/mol. The lowest BCUT2D eigenvalue weighted by Gasteiger charge is -2.60. The molecule has 24 heavy (non-hydrogen) atoms. The second-order valence-corrected chi connectivity index (χ2v) is 6.78. The lowest BCUT2D eigenvalue weighted by molar-refractivity contribution is -0.233. The maximum Gasteiger partial charge on any atom is 0.408 e. The molecule has 0 spiro atoms. The molecule has 7 heteroatoms. The molecule has 2 bridgehead atoms. The molecule has 1 aromatic heterocycles. The molecule has 0 radical (unpaired) electrons. The summed E-state index contributed by atoms with van der Waals surface area (Å²) >= 11 is 0. The van der Waals surface area contributed by atoms with Gasteiger partial charge in [0.05, 0.1) is 7.11 Å². The number of rotatable bonds is 5. The van der Waals surface area contributed by atoms with Gasteiger partial charge in [-0.05, 0) is 25.3 Å². The van der Waals surface area contributed by atoms with Crippen LogP contribution in [0, 0.1) is 0 Å². The Labute approximate surface area is 140 Å². The predicted octanol–water partition coefficient (Wildman–Crippen LogP) is 3.25. The van der Waals surface area contributed by atoms with Gasteiger partial charge in [-0.25, -0.2) is 4.98 Å². The fraction of sp³-hybridized carbons (Fsp3) is 0.706. The summed E-state index contributed by atoms with van der Waals surface area (Å²) in [6, 6.07) is 1.74. The summed E-state index contributed by atoms with van der Waals surface area (Å²) in [4.78, 5) is 7.92. The number of piperazine rings is 1. The van der Waals surface area contributed by atoms with E-state index in [2.05, 4.69) is 23.7 Å². The van der Waals surface area contributed by atoms with Gasteiger partial charge in [0.25, 0.3) is 0 Å². The van der Waals surface area contributed by atoms with Gasteiger partial charge in [-0.3, -0.25) is 9.80 Å². The van der Waals surface area contributed by atoms with Crippen molar-refractivity contribution in [1.29, 1.82) is 0 Å². The van der Waals surface area contributed by atoms with Crippen LogP contribution < -0.4 is 4.74 Å². The minimum Gasteiger partial charge on any atom is -0.481 e. The third-order valence-corrected chi connectivity index (χ3v) is 5.38. The normalized spacial score (nSPS) is 27.4. The Morgan fingerprint density at radius 3 is 2.42 bits per heavy atom. The number of ether oxygens (including phenoxy) is 1. The Hall–Kier alpha value is -1.34. The van der Waals surface area contributed by atoms with Gasteiger partial charge >= 0.3 is 6.18 Å². The molecule has 4 rings (SSSR count). The Morgan fingerprint density at radius 2 is 1.96 bits per heavy atom. The number of alkyl halides is 3. The molecule has 4 unspecified atom stereocenters. The first-order valence-electron chi connectivity index (χ1n) is 8.43. The molecule has 3 fully saturated rings. The number of piperidine rings is 1. The number of halogens is 3. The van der Waals surface area contributed by atoms with E-state index in [4.69, 9.17) is 4.74 Å². The van der Waals surface area contributed by atoms with Gasteiger partial charge in [-0.1, -0.05) is 13.0 Å².